The van der Waals surface area contributed by atoms with Crippen molar-refractivity contribution in [1.82, 2.24) is 15.5 Å². The number of hydrogen-bond donors (Lipinski definition) is 1. The lowest BCUT2D eigenvalue weighted by Gasteiger charge is -2.23. The Morgan fingerprint density at radius 3 is 2.62 bits per heavy atom. The second kappa shape index (κ2) is 6.61. The molecule has 8 heteroatoms. The molecule has 1 aromatic carbocycles. The van der Waals surface area contributed by atoms with Crippen LogP contribution in [0.4, 0.5) is 11.5 Å². The summed E-state index contributed by atoms with van der Waals surface area (Å²) in [7, 11) is 1.53. The Balaban J connectivity index is 1.86. The molecule has 0 unspecified atom stereocenters. The van der Waals surface area contributed by atoms with Gasteiger partial charge in [-0.25, -0.2) is 0 Å². The van der Waals surface area contributed by atoms with Gasteiger partial charge in [-0.2, -0.15) is 0 Å². The molecule has 8 nitrogen and oxygen atoms in total. The van der Waals surface area contributed by atoms with E-state index < -0.39 is 0 Å². The number of benzene rings is 1. The van der Waals surface area contributed by atoms with E-state index in [1.54, 1.807) is 30.3 Å². The van der Waals surface area contributed by atoms with Crippen LogP contribution in [0.25, 0.3) is 0 Å². The molecule has 2 aromatic rings. The predicted octanol–water partition coefficient (Wildman–Crippen LogP) is 1.91. The molecule has 0 radical (unpaired) electrons. The number of nitro benzene ring substituents is 1. The summed E-state index contributed by atoms with van der Waals surface area (Å²) in [6.45, 7) is 0.385. The number of carbonyl (C=O) groups is 1. The number of amides is 1. The fourth-order valence-electron chi connectivity index (χ4n) is 2.52. The molecule has 1 amide bonds. The molecule has 0 saturated heterocycles. The van der Waals surface area contributed by atoms with E-state index >= 15 is 0 Å². The van der Waals surface area contributed by atoms with Crippen molar-refractivity contribution in [2.24, 2.45) is 0 Å². The number of anilines is 1. The lowest BCUT2D eigenvalue weighted by atomic mass is 10.1. The van der Waals surface area contributed by atoms with Crippen LogP contribution < -0.4 is 10.2 Å². The molecule has 0 atom stereocenters. The predicted molar refractivity (Wildman–Crippen MR) is 87.7 cm³/mol. The van der Waals surface area contributed by atoms with E-state index in [0.29, 0.717) is 24.0 Å². The van der Waals surface area contributed by atoms with Crippen LogP contribution in [0.3, 0.4) is 0 Å². The molecular formula is C16H17N5O3. The van der Waals surface area contributed by atoms with E-state index in [2.05, 4.69) is 15.5 Å². The molecule has 1 heterocycles. The van der Waals surface area contributed by atoms with Gasteiger partial charge in [-0.15, -0.1) is 10.2 Å². The maximum absolute atomic E-state index is 11.5. The molecule has 1 N–H and O–H groups in total. The first-order valence-electron chi connectivity index (χ1n) is 7.65. The van der Waals surface area contributed by atoms with E-state index in [4.69, 9.17) is 0 Å². The van der Waals surface area contributed by atoms with Gasteiger partial charge in [0.15, 0.2) is 11.5 Å². The average molecular weight is 327 g/mol. The van der Waals surface area contributed by atoms with Crippen molar-refractivity contribution in [2.45, 2.75) is 25.4 Å². The number of rotatable bonds is 6. The van der Waals surface area contributed by atoms with Gasteiger partial charge in [-0.3, -0.25) is 14.9 Å². The average Bonchev–Trinajstić information content (AvgIpc) is 3.44. The minimum Gasteiger partial charge on any atom is -0.354 e. The number of aromatic nitrogens is 2. The minimum atomic E-state index is -0.374. The van der Waals surface area contributed by atoms with E-state index in [9.17, 15) is 14.9 Å². The van der Waals surface area contributed by atoms with Crippen LogP contribution in [0, 0.1) is 10.1 Å². The molecule has 1 fully saturated rings. The van der Waals surface area contributed by atoms with E-state index in [1.165, 1.54) is 13.1 Å². The quantitative estimate of drug-likeness (QED) is 0.642. The number of hydrogen-bond acceptors (Lipinski definition) is 6. The molecular weight excluding hydrogens is 310 g/mol. The molecule has 0 bridgehead atoms. The van der Waals surface area contributed by atoms with Crippen molar-refractivity contribution >= 4 is 17.4 Å². The van der Waals surface area contributed by atoms with Crippen LogP contribution >= 0.6 is 0 Å². The Kier molecular flexibility index (Phi) is 4.37. The fraction of sp³-hybridized carbons (Fsp3) is 0.312. The van der Waals surface area contributed by atoms with E-state index in [1.807, 2.05) is 4.90 Å². The molecule has 1 aliphatic carbocycles. The highest BCUT2D eigenvalue weighted by molar-refractivity contribution is 5.91. The van der Waals surface area contributed by atoms with Crippen molar-refractivity contribution in [2.75, 3.05) is 11.9 Å². The first-order valence-corrected chi connectivity index (χ1v) is 7.65. The summed E-state index contributed by atoms with van der Waals surface area (Å²) in [5, 5.41) is 21.8. The molecule has 0 aliphatic heterocycles. The first-order chi connectivity index (χ1) is 11.6. The molecule has 1 aromatic heterocycles. The summed E-state index contributed by atoms with van der Waals surface area (Å²) >= 11 is 0. The zero-order valence-electron chi connectivity index (χ0n) is 13.2. The van der Waals surface area contributed by atoms with Crippen molar-refractivity contribution < 1.29 is 9.72 Å². The van der Waals surface area contributed by atoms with Crippen LogP contribution in [-0.4, -0.2) is 34.1 Å². The van der Waals surface area contributed by atoms with Gasteiger partial charge in [-0.1, -0.05) is 18.2 Å². The van der Waals surface area contributed by atoms with Crippen molar-refractivity contribution in [3.63, 3.8) is 0 Å². The summed E-state index contributed by atoms with van der Waals surface area (Å²) in [5.41, 5.74) is 0.965. The van der Waals surface area contributed by atoms with Gasteiger partial charge in [0.05, 0.1) is 11.5 Å². The third kappa shape index (κ3) is 3.32. The largest absolute Gasteiger partial charge is 0.354 e. The molecule has 3 rings (SSSR count). The van der Waals surface area contributed by atoms with Crippen LogP contribution in [0.5, 0.6) is 0 Å². The number of carbonyl (C=O) groups excluding carboxylic acids is 1. The summed E-state index contributed by atoms with van der Waals surface area (Å²) in [4.78, 5) is 24.4. The Morgan fingerprint density at radius 1 is 1.29 bits per heavy atom. The summed E-state index contributed by atoms with van der Waals surface area (Å²) in [6.07, 6.45) is 2.03. The van der Waals surface area contributed by atoms with Gasteiger partial charge in [0.25, 0.3) is 11.6 Å². The lowest BCUT2D eigenvalue weighted by molar-refractivity contribution is -0.385. The second-order valence-electron chi connectivity index (χ2n) is 5.60. The van der Waals surface area contributed by atoms with Crippen LogP contribution in [0.15, 0.2) is 36.4 Å². The molecule has 24 heavy (non-hydrogen) atoms. The third-order valence-electron chi connectivity index (χ3n) is 3.92. The number of nitrogens with one attached hydrogen (secondary N) is 1. The SMILES string of the molecule is CNC(=O)c1ccc(N(Cc2ccccc2[N+](=O)[O-])C2CC2)nn1. The van der Waals surface area contributed by atoms with Crippen molar-refractivity contribution in [1.29, 1.82) is 0 Å². The standard InChI is InChI=1S/C16H17N5O3/c1-17-16(22)13-8-9-15(19-18-13)20(12-6-7-12)10-11-4-2-3-5-14(11)21(23)24/h2-5,8-9,12H,6-7,10H2,1H3,(H,17,22). The summed E-state index contributed by atoms with van der Waals surface area (Å²) in [6, 6.07) is 10.3. The molecule has 124 valence electrons. The molecule has 0 spiro atoms. The number of nitro groups is 1. The Labute approximate surface area is 138 Å². The topological polar surface area (TPSA) is 101 Å². The number of para-hydroxylation sites is 1. The Hall–Kier alpha value is -3.03. The smallest absolute Gasteiger partial charge is 0.274 e. The van der Waals surface area contributed by atoms with Gasteiger partial charge < -0.3 is 10.2 Å². The van der Waals surface area contributed by atoms with Gasteiger partial charge in [0.2, 0.25) is 0 Å². The zero-order valence-corrected chi connectivity index (χ0v) is 13.2. The highest BCUT2D eigenvalue weighted by atomic mass is 16.6. The van der Waals surface area contributed by atoms with Crippen molar-refractivity contribution in [3.8, 4) is 0 Å². The third-order valence-corrected chi connectivity index (χ3v) is 3.92. The van der Waals surface area contributed by atoms with Gasteiger partial charge >= 0.3 is 0 Å². The lowest BCUT2D eigenvalue weighted by Crippen LogP contribution is -2.27. The van der Waals surface area contributed by atoms with Crippen LogP contribution in [0.2, 0.25) is 0 Å². The highest BCUT2D eigenvalue weighted by Gasteiger charge is 2.31. The summed E-state index contributed by atoms with van der Waals surface area (Å²) < 4.78 is 0. The van der Waals surface area contributed by atoms with Gasteiger partial charge in [0, 0.05) is 24.7 Å². The first kappa shape index (κ1) is 15.9. The fourth-order valence-corrected chi connectivity index (χ4v) is 2.52. The van der Waals surface area contributed by atoms with Crippen LogP contribution in [-0.2, 0) is 6.54 Å². The molecule has 1 aliphatic rings. The molecule has 1 saturated carbocycles. The van der Waals surface area contributed by atoms with Gasteiger partial charge in [-0.05, 0) is 25.0 Å². The Bertz CT molecular complexity index is 759. The van der Waals surface area contributed by atoms with Crippen LogP contribution in [0.1, 0.15) is 28.9 Å². The normalized spacial score (nSPS) is 13.4. The second-order valence-corrected chi connectivity index (χ2v) is 5.60. The summed E-state index contributed by atoms with van der Waals surface area (Å²) in [5.74, 6) is 0.314. The Morgan fingerprint density at radius 2 is 2.04 bits per heavy atom. The highest BCUT2D eigenvalue weighted by Crippen LogP contribution is 2.33. The van der Waals surface area contributed by atoms with E-state index in [0.717, 1.165) is 12.8 Å². The van der Waals surface area contributed by atoms with Crippen molar-refractivity contribution in [3.05, 3.63) is 57.8 Å². The van der Waals surface area contributed by atoms with Gasteiger partial charge in [0.1, 0.15) is 0 Å². The monoisotopic (exact) mass is 327 g/mol. The maximum atomic E-state index is 11.5. The van der Waals surface area contributed by atoms with E-state index in [-0.39, 0.29) is 22.2 Å². The maximum Gasteiger partial charge on any atom is 0.274 e. The minimum absolute atomic E-state index is 0.0955. The zero-order chi connectivity index (χ0) is 17.1. The number of nitrogens with zero attached hydrogens (tertiary/aromatic N) is 4.